The third kappa shape index (κ3) is 4.35. The van der Waals surface area contributed by atoms with Crippen molar-refractivity contribution < 1.29 is 14.3 Å². The topological polar surface area (TPSA) is 81.4 Å². The van der Waals surface area contributed by atoms with Crippen LogP contribution in [0.2, 0.25) is 5.02 Å². The first-order chi connectivity index (χ1) is 13.4. The molecule has 0 aliphatic heterocycles. The molecule has 0 fully saturated rings. The van der Waals surface area contributed by atoms with Gasteiger partial charge in [-0.15, -0.1) is 11.3 Å². The highest BCUT2D eigenvalue weighted by molar-refractivity contribution is 7.17. The minimum absolute atomic E-state index is 0.306. The number of hydrogen-bond acceptors (Lipinski definition) is 4. The molecule has 28 heavy (non-hydrogen) atoms. The summed E-state index contributed by atoms with van der Waals surface area (Å²) in [7, 11) is 0. The van der Waals surface area contributed by atoms with Gasteiger partial charge in [-0.2, -0.15) is 0 Å². The Balaban J connectivity index is 1.84. The molecular weight excluding hydrogens is 396 g/mol. The quantitative estimate of drug-likeness (QED) is 0.603. The van der Waals surface area contributed by atoms with E-state index in [0.717, 1.165) is 16.0 Å². The van der Waals surface area contributed by atoms with Crippen molar-refractivity contribution in [3.63, 3.8) is 0 Å². The van der Waals surface area contributed by atoms with E-state index in [9.17, 15) is 9.59 Å². The molecule has 1 atom stereocenters. The molecule has 0 unspecified atom stereocenters. The van der Waals surface area contributed by atoms with Crippen molar-refractivity contribution in [1.82, 2.24) is 0 Å². The number of amides is 2. The summed E-state index contributed by atoms with van der Waals surface area (Å²) in [6.07, 6.45) is -0.774. The van der Waals surface area contributed by atoms with Crippen LogP contribution in [0.1, 0.15) is 22.2 Å². The lowest BCUT2D eigenvalue weighted by atomic mass is 10.0. The molecule has 2 amide bonds. The van der Waals surface area contributed by atoms with E-state index >= 15 is 0 Å². The third-order valence-corrected chi connectivity index (χ3v) is 5.40. The zero-order valence-corrected chi connectivity index (χ0v) is 16.9. The van der Waals surface area contributed by atoms with Gasteiger partial charge >= 0.3 is 0 Å². The Hall–Kier alpha value is -2.83. The van der Waals surface area contributed by atoms with Crippen LogP contribution >= 0.6 is 22.9 Å². The van der Waals surface area contributed by atoms with Gasteiger partial charge in [0.2, 0.25) is 0 Å². The number of aryl methyl sites for hydroxylation is 1. The first-order valence-electron chi connectivity index (χ1n) is 8.58. The Kier molecular flexibility index (Phi) is 6.02. The van der Waals surface area contributed by atoms with Crippen molar-refractivity contribution >= 4 is 39.8 Å². The predicted octanol–water partition coefficient (Wildman–Crippen LogP) is 4.88. The average Bonchev–Trinajstić information content (AvgIpc) is 3.00. The number of carbonyl (C=O) groups is 2. The Morgan fingerprint density at radius 3 is 2.36 bits per heavy atom. The molecular formula is C21H19ClN2O3S. The fourth-order valence-corrected chi connectivity index (χ4v) is 4.02. The first-order valence-corrected chi connectivity index (χ1v) is 9.78. The minimum Gasteiger partial charge on any atom is -0.481 e. The molecule has 3 N–H and O–H groups in total. The van der Waals surface area contributed by atoms with E-state index in [4.69, 9.17) is 22.1 Å². The number of thiophene rings is 1. The molecule has 0 aliphatic carbocycles. The van der Waals surface area contributed by atoms with E-state index in [1.807, 2.05) is 37.3 Å². The average molecular weight is 415 g/mol. The summed E-state index contributed by atoms with van der Waals surface area (Å²) in [6, 6.07) is 16.2. The van der Waals surface area contributed by atoms with Crippen molar-refractivity contribution in [2.24, 2.45) is 5.73 Å². The number of anilines is 1. The number of halogens is 1. The van der Waals surface area contributed by atoms with Crippen LogP contribution in [0.15, 0.2) is 54.6 Å². The summed E-state index contributed by atoms with van der Waals surface area (Å²) < 4.78 is 5.64. The minimum atomic E-state index is -0.774. The van der Waals surface area contributed by atoms with Gasteiger partial charge in [0.05, 0.1) is 5.56 Å². The molecule has 3 rings (SSSR count). The number of ether oxygens (including phenoxy) is 1. The number of rotatable bonds is 6. The molecule has 0 spiro atoms. The van der Waals surface area contributed by atoms with Gasteiger partial charge in [-0.25, -0.2) is 0 Å². The molecule has 2 aromatic carbocycles. The van der Waals surface area contributed by atoms with Crippen molar-refractivity contribution in [3.8, 4) is 16.9 Å². The van der Waals surface area contributed by atoms with E-state index in [2.05, 4.69) is 5.32 Å². The van der Waals surface area contributed by atoms with E-state index in [1.54, 1.807) is 31.2 Å². The van der Waals surface area contributed by atoms with Gasteiger partial charge in [0.15, 0.2) is 6.10 Å². The summed E-state index contributed by atoms with van der Waals surface area (Å²) in [6.45, 7) is 3.52. The van der Waals surface area contributed by atoms with Crippen molar-refractivity contribution in [2.75, 3.05) is 5.32 Å². The molecule has 0 saturated heterocycles. The molecule has 3 aromatic rings. The summed E-state index contributed by atoms with van der Waals surface area (Å²) in [5, 5.41) is 3.78. The Labute approximate surface area is 172 Å². The Morgan fingerprint density at radius 1 is 1.11 bits per heavy atom. The predicted molar refractivity (Wildman–Crippen MR) is 113 cm³/mol. The second-order valence-electron chi connectivity index (χ2n) is 6.17. The summed E-state index contributed by atoms with van der Waals surface area (Å²) >= 11 is 7.17. The fourth-order valence-electron chi connectivity index (χ4n) is 2.80. The molecule has 0 aliphatic rings. The van der Waals surface area contributed by atoms with Gasteiger partial charge in [-0.1, -0.05) is 41.9 Å². The monoisotopic (exact) mass is 414 g/mol. The number of primary amides is 1. The van der Waals surface area contributed by atoms with Gasteiger partial charge in [0, 0.05) is 15.5 Å². The van der Waals surface area contributed by atoms with Crippen LogP contribution in [0.25, 0.3) is 11.1 Å². The van der Waals surface area contributed by atoms with Gasteiger partial charge in [0.25, 0.3) is 11.8 Å². The van der Waals surface area contributed by atoms with E-state index < -0.39 is 12.0 Å². The highest BCUT2D eigenvalue weighted by Crippen LogP contribution is 2.39. The van der Waals surface area contributed by atoms with Crippen molar-refractivity contribution in [3.05, 3.63) is 70.1 Å². The largest absolute Gasteiger partial charge is 0.481 e. The molecule has 5 nitrogen and oxygen atoms in total. The first kappa shape index (κ1) is 19.9. The number of nitrogens with one attached hydrogen (secondary N) is 1. The maximum Gasteiger partial charge on any atom is 0.265 e. The molecule has 0 saturated carbocycles. The lowest BCUT2D eigenvalue weighted by Gasteiger charge is -2.14. The number of benzene rings is 2. The second kappa shape index (κ2) is 8.46. The second-order valence-corrected chi connectivity index (χ2v) is 7.83. The number of carbonyl (C=O) groups excluding carboxylic acids is 2. The van der Waals surface area contributed by atoms with Crippen LogP contribution in [0, 0.1) is 6.92 Å². The molecule has 1 aromatic heterocycles. The number of nitrogens with two attached hydrogens (primary N) is 1. The SMILES string of the molecule is Cc1sc(NC(=O)[C@@H](C)Oc2ccc(Cl)cc2)c(C(N)=O)c1-c1ccccc1. The Bertz CT molecular complexity index is 1000. The van der Waals surface area contributed by atoms with Gasteiger partial charge < -0.3 is 15.8 Å². The maximum atomic E-state index is 12.6. The zero-order chi connectivity index (χ0) is 20.3. The molecule has 1 heterocycles. The lowest BCUT2D eigenvalue weighted by molar-refractivity contribution is -0.122. The van der Waals surface area contributed by atoms with Gasteiger partial charge in [-0.3, -0.25) is 9.59 Å². The number of hydrogen-bond donors (Lipinski definition) is 2. The fraction of sp³-hybridized carbons (Fsp3) is 0.143. The van der Waals surface area contributed by atoms with Crippen LogP contribution in [0.5, 0.6) is 5.75 Å². The van der Waals surface area contributed by atoms with Crippen LogP contribution < -0.4 is 15.8 Å². The smallest absolute Gasteiger partial charge is 0.265 e. The summed E-state index contributed by atoms with van der Waals surface area (Å²) in [4.78, 5) is 25.6. The van der Waals surface area contributed by atoms with Crippen LogP contribution in [-0.4, -0.2) is 17.9 Å². The van der Waals surface area contributed by atoms with Crippen LogP contribution in [0.4, 0.5) is 5.00 Å². The third-order valence-electron chi connectivity index (χ3n) is 4.13. The maximum absolute atomic E-state index is 12.6. The normalized spacial score (nSPS) is 11.7. The van der Waals surface area contributed by atoms with E-state index in [-0.39, 0.29) is 5.91 Å². The molecule has 7 heteroatoms. The highest BCUT2D eigenvalue weighted by atomic mass is 35.5. The molecule has 144 valence electrons. The summed E-state index contributed by atoms with van der Waals surface area (Å²) in [5.74, 6) is -0.447. The highest BCUT2D eigenvalue weighted by Gasteiger charge is 2.24. The van der Waals surface area contributed by atoms with Crippen LogP contribution in [-0.2, 0) is 4.79 Å². The van der Waals surface area contributed by atoms with Gasteiger partial charge in [0.1, 0.15) is 10.8 Å². The van der Waals surface area contributed by atoms with Crippen molar-refractivity contribution in [1.29, 1.82) is 0 Å². The van der Waals surface area contributed by atoms with E-state index in [1.165, 1.54) is 11.3 Å². The lowest BCUT2D eigenvalue weighted by Crippen LogP contribution is -2.30. The van der Waals surface area contributed by atoms with E-state index in [0.29, 0.717) is 21.3 Å². The molecule has 0 radical (unpaired) electrons. The Morgan fingerprint density at radius 2 is 1.75 bits per heavy atom. The zero-order valence-electron chi connectivity index (χ0n) is 15.4. The summed E-state index contributed by atoms with van der Waals surface area (Å²) in [5.41, 5.74) is 7.54. The molecule has 0 bridgehead atoms. The van der Waals surface area contributed by atoms with Crippen LogP contribution in [0.3, 0.4) is 0 Å². The standard InChI is InChI=1S/C21H19ClN2O3S/c1-12(27-16-10-8-15(22)9-11-16)20(26)24-21-18(19(23)25)17(13(2)28-21)14-6-4-3-5-7-14/h3-12H,1-2H3,(H2,23,25)(H,24,26)/t12-/m1/s1. The van der Waals surface area contributed by atoms with Gasteiger partial charge in [-0.05, 0) is 43.7 Å². The van der Waals surface area contributed by atoms with Crippen molar-refractivity contribution in [2.45, 2.75) is 20.0 Å².